The van der Waals surface area contributed by atoms with Crippen LogP contribution in [0.4, 0.5) is 0 Å². The van der Waals surface area contributed by atoms with Crippen molar-refractivity contribution in [2.45, 2.75) is 39.7 Å². The normalized spacial score (nSPS) is 23.2. The molecule has 1 aliphatic rings. The predicted octanol–water partition coefficient (Wildman–Crippen LogP) is 4.07. The van der Waals surface area contributed by atoms with Gasteiger partial charge >= 0.3 is 0 Å². The highest BCUT2D eigenvalue weighted by Crippen LogP contribution is 2.42. The van der Waals surface area contributed by atoms with Gasteiger partial charge in [-0.15, -0.1) is 11.3 Å². The lowest BCUT2D eigenvalue weighted by molar-refractivity contribution is -0.133. The van der Waals surface area contributed by atoms with Crippen molar-refractivity contribution in [1.29, 1.82) is 0 Å². The zero-order valence-electron chi connectivity index (χ0n) is 12.6. The number of carbonyl (C=O) groups excluding carboxylic acids is 1. The zero-order valence-corrected chi connectivity index (χ0v) is 15.0. The van der Waals surface area contributed by atoms with Gasteiger partial charge in [-0.25, -0.2) is 0 Å². The summed E-state index contributed by atoms with van der Waals surface area (Å²) in [7, 11) is 1.84. The van der Waals surface area contributed by atoms with Crippen LogP contribution in [-0.4, -0.2) is 17.9 Å². The highest BCUT2D eigenvalue weighted by Gasteiger charge is 2.44. The average molecular weight is 357 g/mol. The van der Waals surface area contributed by atoms with E-state index < -0.39 is 0 Å². The van der Waals surface area contributed by atoms with Gasteiger partial charge in [0.1, 0.15) is 5.82 Å². The summed E-state index contributed by atoms with van der Waals surface area (Å²) in [4.78, 5) is 15.4. The molecule has 0 radical (unpaired) electrons. The molecule has 0 saturated carbocycles. The van der Waals surface area contributed by atoms with Crippen LogP contribution < -0.4 is 5.32 Å². The van der Waals surface area contributed by atoms with E-state index in [1.54, 1.807) is 16.2 Å². The van der Waals surface area contributed by atoms with Crippen LogP contribution in [0.15, 0.2) is 27.3 Å². The summed E-state index contributed by atoms with van der Waals surface area (Å²) in [6.07, 6.45) is 0.491. The molecule has 1 atom stereocenters. The van der Waals surface area contributed by atoms with Crippen molar-refractivity contribution in [3.8, 4) is 0 Å². The van der Waals surface area contributed by atoms with Gasteiger partial charge in [-0.1, -0.05) is 13.8 Å². The number of thiophene rings is 1. The summed E-state index contributed by atoms with van der Waals surface area (Å²) in [5.74, 6) is 1.41. The van der Waals surface area contributed by atoms with E-state index in [0.717, 1.165) is 15.9 Å². The SMILES string of the molecule is CC(C)=C1NC(c2cc(Br)cs2)(C(C)C)CC(=O)N1C. The molecule has 1 aliphatic heterocycles. The van der Waals surface area contributed by atoms with E-state index >= 15 is 0 Å². The first kappa shape index (κ1) is 15.6. The Kier molecular flexibility index (Phi) is 4.30. The van der Waals surface area contributed by atoms with Gasteiger partial charge in [0.25, 0.3) is 0 Å². The molecule has 0 spiro atoms. The maximum atomic E-state index is 12.5. The Labute approximate surface area is 133 Å². The Bertz CT molecular complexity index is 560. The van der Waals surface area contributed by atoms with E-state index in [4.69, 9.17) is 0 Å². The first-order valence-corrected chi connectivity index (χ1v) is 8.42. The van der Waals surface area contributed by atoms with Gasteiger partial charge in [-0.05, 0) is 47.3 Å². The molecule has 1 saturated heterocycles. The van der Waals surface area contributed by atoms with Crippen molar-refractivity contribution in [2.75, 3.05) is 7.05 Å². The van der Waals surface area contributed by atoms with E-state index in [-0.39, 0.29) is 11.4 Å². The number of hydrogen-bond donors (Lipinski definition) is 1. The van der Waals surface area contributed by atoms with Crippen molar-refractivity contribution < 1.29 is 4.79 Å². The number of nitrogens with one attached hydrogen (secondary N) is 1. The Morgan fingerprint density at radius 2 is 2.15 bits per heavy atom. The highest BCUT2D eigenvalue weighted by molar-refractivity contribution is 9.10. The van der Waals surface area contributed by atoms with Crippen LogP contribution in [0.3, 0.4) is 0 Å². The van der Waals surface area contributed by atoms with Crippen LogP contribution in [0.5, 0.6) is 0 Å². The van der Waals surface area contributed by atoms with Crippen molar-refractivity contribution in [3.05, 3.63) is 32.2 Å². The number of carbonyl (C=O) groups is 1. The van der Waals surface area contributed by atoms with Crippen LogP contribution in [0.2, 0.25) is 0 Å². The van der Waals surface area contributed by atoms with Crippen LogP contribution in [0.1, 0.15) is 39.0 Å². The first-order chi connectivity index (χ1) is 9.28. The van der Waals surface area contributed by atoms with Crippen molar-refractivity contribution in [3.63, 3.8) is 0 Å². The highest BCUT2D eigenvalue weighted by atomic mass is 79.9. The largest absolute Gasteiger partial charge is 0.360 e. The molecule has 0 bridgehead atoms. The smallest absolute Gasteiger partial charge is 0.230 e. The molecular formula is C15H21BrN2OS. The Morgan fingerprint density at radius 3 is 2.60 bits per heavy atom. The van der Waals surface area contributed by atoms with Gasteiger partial charge in [0.15, 0.2) is 0 Å². The zero-order chi connectivity index (χ0) is 15.1. The van der Waals surface area contributed by atoms with E-state index in [1.807, 2.05) is 20.9 Å². The van der Waals surface area contributed by atoms with Crippen LogP contribution >= 0.6 is 27.3 Å². The molecule has 110 valence electrons. The summed E-state index contributed by atoms with van der Waals surface area (Å²) in [6.45, 7) is 8.41. The van der Waals surface area contributed by atoms with Crippen LogP contribution in [-0.2, 0) is 10.3 Å². The van der Waals surface area contributed by atoms with Crippen molar-refractivity contribution in [2.24, 2.45) is 5.92 Å². The average Bonchev–Trinajstić information content (AvgIpc) is 2.79. The molecule has 1 unspecified atom stereocenters. The molecule has 1 aromatic rings. The molecule has 2 heterocycles. The fraction of sp³-hybridized carbons (Fsp3) is 0.533. The monoisotopic (exact) mass is 356 g/mol. The summed E-state index contributed by atoms with van der Waals surface area (Å²) in [5, 5.41) is 5.73. The minimum atomic E-state index is -0.313. The van der Waals surface area contributed by atoms with Crippen LogP contribution in [0.25, 0.3) is 0 Å². The number of allylic oxidation sites excluding steroid dienone is 1. The molecule has 20 heavy (non-hydrogen) atoms. The molecule has 1 amide bonds. The number of hydrogen-bond acceptors (Lipinski definition) is 3. The Morgan fingerprint density at radius 1 is 1.50 bits per heavy atom. The van der Waals surface area contributed by atoms with E-state index in [0.29, 0.717) is 12.3 Å². The second-order valence-electron chi connectivity index (χ2n) is 5.86. The fourth-order valence-electron chi connectivity index (χ4n) is 2.61. The molecule has 1 aromatic heterocycles. The lowest BCUT2D eigenvalue weighted by Gasteiger charge is -2.46. The molecular weight excluding hydrogens is 336 g/mol. The summed E-state index contributed by atoms with van der Waals surface area (Å²) in [5.41, 5.74) is 0.813. The second kappa shape index (κ2) is 5.53. The minimum absolute atomic E-state index is 0.165. The quantitative estimate of drug-likeness (QED) is 0.866. The Balaban J connectivity index is 2.54. The molecule has 1 fully saturated rings. The molecule has 5 heteroatoms. The minimum Gasteiger partial charge on any atom is -0.360 e. The predicted molar refractivity (Wildman–Crippen MR) is 87.4 cm³/mol. The van der Waals surface area contributed by atoms with Gasteiger partial charge in [0, 0.05) is 21.8 Å². The first-order valence-electron chi connectivity index (χ1n) is 6.74. The van der Waals surface area contributed by atoms with Gasteiger partial charge < -0.3 is 10.2 Å². The van der Waals surface area contributed by atoms with E-state index in [1.165, 1.54) is 4.88 Å². The fourth-order valence-corrected chi connectivity index (χ4v) is 4.34. The third-order valence-corrected chi connectivity index (χ3v) is 5.82. The van der Waals surface area contributed by atoms with Gasteiger partial charge in [0.2, 0.25) is 5.91 Å². The lowest BCUT2D eigenvalue weighted by Crippen LogP contribution is -2.57. The molecule has 3 nitrogen and oxygen atoms in total. The summed E-state index contributed by atoms with van der Waals surface area (Å²) >= 11 is 5.22. The molecule has 2 rings (SSSR count). The third kappa shape index (κ3) is 2.53. The molecule has 0 aliphatic carbocycles. The third-order valence-electron chi connectivity index (χ3n) is 3.95. The van der Waals surface area contributed by atoms with Gasteiger partial charge in [0.05, 0.1) is 12.0 Å². The molecule has 0 aromatic carbocycles. The second-order valence-corrected chi connectivity index (χ2v) is 7.69. The number of amides is 1. The van der Waals surface area contributed by atoms with Crippen molar-refractivity contribution in [1.82, 2.24) is 10.2 Å². The molecule has 1 N–H and O–H groups in total. The summed E-state index contributed by atoms with van der Waals surface area (Å²) < 4.78 is 1.07. The lowest BCUT2D eigenvalue weighted by atomic mass is 9.79. The van der Waals surface area contributed by atoms with Crippen LogP contribution in [0, 0.1) is 5.92 Å². The summed E-state index contributed by atoms with van der Waals surface area (Å²) in [6, 6.07) is 2.12. The van der Waals surface area contributed by atoms with Crippen molar-refractivity contribution >= 4 is 33.2 Å². The standard InChI is InChI=1S/C15H21BrN2OS/c1-9(2)14-17-15(10(3)4,7-13(19)18(14)5)12-6-11(16)8-20-12/h6,8,10,17H,7H2,1-5H3. The number of halogens is 1. The van der Waals surface area contributed by atoms with E-state index in [2.05, 4.69) is 46.5 Å². The maximum Gasteiger partial charge on any atom is 0.230 e. The maximum absolute atomic E-state index is 12.5. The van der Waals surface area contributed by atoms with Gasteiger partial charge in [-0.2, -0.15) is 0 Å². The number of rotatable bonds is 2. The Hall–Kier alpha value is -0.810. The topological polar surface area (TPSA) is 32.3 Å². The van der Waals surface area contributed by atoms with E-state index in [9.17, 15) is 4.79 Å². The van der Waals surface area contributed by atoms with Gasteiger partial charge in [-0.3, -0.25) is 4.79 Å². The number of nitrogens with zero attached hydrogens (tertiary/aromatic N) is 1.